The molecule has 0 radical (unpaired) electrons. The lowest BCUT2D eigenvalue weighted by molar-refractivity contribution is -0.286. The molecule has 7 N–H and O–H groups in total. The van der Waals surface area contributed by atoms with E-state index in [9.17, 15) is 45.0 Å². The predicted octanol–water partition coefficient (Wildman–Crippen LogP) is -0.209. The van der Waals surface area contributed by atoms with Crippen molar-refractivity contribution in [2.24, 2.45) is 23.7 Å². The van der Waals surface area contributed by atoms with E-state index in [4.69, 9.17) is 19.3 Å². The predicted molar refractivity (Wildman–Crippen MR) is 144 cm³/mol. The number of fused-ring (bicyclic) bond motifs is 1. The molecule has 1 saturated heterocycles. The molecule has 0 aromatic carbocycles. The molecule has 13 heteroatoms. The van der Waals surface area contributed by atoms with Gasteiger partial charge in [0, 0.05) is 12.3 Å². The number of carbonyl (C=O) groups is 3. The molecule has 0 aromatic rings. The summed E-state index contributed by atoms with van der Waals surface area (Å²) < 4.78 is 15.7. The summed E-state index contributed by atoms with van der Waals surface area (Å²) in [6.07, 6.45) is -6.60. The highest BCUT2D eigenvalue weighted by Crippen LogP contribution is 2.44. The Hall–Kier alpha value is -2.39. The molecule has 1 aliphatic heterocycles. The first kappa shape index (κ1) is 34.1. The quantitative estimate of drug-likeness (QED) is 0.144. The van der Waals surface area contributed by atoms with Crippen molar-refractivity contribution in [1.29, 1.82) is 0 Å². The number of hydrogen-bond donors (Lipinski definition) is 7. The van der Waals surface area contributed by atoms with Crippen LogP contribution in [0.1, 0.15) is 59.3 Å². The highest BCUT2D eigenvalue weighted by Gasteiger charge is 2.48. The standard InChI is InChI=1S/C29H44O13/c1-4-13(2)28(39)40-20-11-17(31)9-15-6-5-14(3)19(22(15)20)8-7-16(30)10-18(32)12-21(33)41-29-25(36)23(34)24(35)26(42-29)27(37)38/h5-6,9,13-14,16-20,22-26,29-32,34-36H,4,7-8,10-12H2,1-3H3,(H,37,38)/t13-,14-,16+,17+,18+,19-,20-,22-,23-,24-,25+,26-,29+/m0/s1. The van der Waals surface area contributed by atoms with E-state index in [0.29, 0.717) is 12.8 Å². The molecule has 0 amide bonds. The van der Waals surface area contributed by atoms with E-state index in [2.05, 4.69) is 0 Å². The van der Waals surface area contributed by atoms with Crippen molar-refractivity contribution in [2.75, 3.05) is 0 Å². The summed E-state index contributed by atoms with van der Waals surface area (Å²) in [4.78, 5) is 36.1. The van der Waals surface area contributed by atoms with Crippen LogP contribution in [0.5, 0.6) is 0 Å². The zero-order valence-corrected chi connectivity index (χ0v) is 24.1. The molecule has 0 bridgehead atoms. The minimum atomic E-state index is -1.94. The van der Waals surface area contributed by atoms with E-state index in [1.807, 2.05) is 26.0 Å². The van der Waals surface area contributed by atoms with Crippen LogP contribution in [0.4, 0.5) is 0 Å². The maximum atomic E-state index is 12.6. The van der Waals surface area contributed by atoms with E-state index in [1.54, 1.807) is 13.0 Å². The number of rotatable bonds is 12. The van der Waals surface area contributed by atoms with Crippen LogP contribution in [0.25, 0.3) is 0 Å². The Morgan fingerprint density at radius 3 is 2.38 bits per heavy atom. The molecule has 0 aromatic heterocycles. The van der Waals surface area contributed by atoms with Crippen molar-refractivity contribution in [3.8, 4) is 0 Å². The molecule has 2 aliphatic carbocycles. The van der Waals surface area contributed by atoms with Crippen LogP contribution < -0.4 is 0 Å². The fraction of sp³-hybridized carbons (Fsp3) is 0.759. The van der Waals surface area contributed by atoms with Gasteiger partial charge in [0.05, 0.1) is 30.7 Å². The van der Waals surface area contributed by atoms with E-state index in [-0.39, 0.29) is 48.9 Å². The second kappa shape index (κ2) is 14.9. The summed E-state index contributed by atoms with van der Waals surface area (Å²) in [7, 11) is 0. The molecule has 0 saturated carbocycles. The lowest BCUT2D eigenvalue weighted by atomic mass is 9.66. The lowest BCUT2D eigenvalue weighted by Crippen LogP contribution is -2.60. The van der Waals surface area contributed by atoms with E-state index in [0.717, 1.165) is 5.57 Å². The monoisotopic (exact) mass is 600 g/mol. The molecule has 13 nitrogen and oxygen atoms in total. The lowest BCUT2D eigenvalue weighted by Gasteiger charge is -2.43. The second-order valence-corrected chi connectivity index (χ2v) is 11.7. The van der Waals surface area contributed by atoms with E-state index < -0.39 is 73.5 Å². The van der Waals surface area contributed by atoms with Crippen molar-refractivity contribution in [2.45, 2.75) is 114 Å². The number of carbonyl (C=O) groups excluding carboxylic acids is 2. The number of aliphatic hydroxyl groups excluding tert-OH is 6. The Balaban J connectivity index is 1.55. The molecule has 0 unspecified atom stereocenters. The summed E-state index contributed by atoms with van der Waals surface area (Å²) in [6, 6.07) is 0. The van der Waals surface area contributed by atoms with Crippen LogP contribution in [0.3, 0.4) is 0 Å². The van der Waals surface area contributed by atoms with Crippen molar-refractivity contribution in [3.63, 3.8) is 0 Å². The van der Waals surface area contributed by atoms with Crippen LogP contribution in [-0.4, -0.2) is 109 Å². The first-order chi connectivity index (χ1) is 19.7. The van der Waals surface area contributed by atoms with Gasteiger partial charge in [-0.05, 0) is 43.1 Å². The minimum Gasteiger partial charge on any atom is -0.479 e. The van der Waals surface area contributed by atoms with Gasteiger partial charge in [0.25, 0.3) is 0 Å². The molecule has 3 rings (SSSR count). The van der Waals surface area contributed by atoms with Crippen LogP contribution in [0.15, 0.2) is 23.8 Å². The molecule has 1 fully saturated rings. The Labute approximate surface area is 244 Å². The number of ether oxygens (including phenoxy) is 3. The van der Waals surface area contributed by atoms with Gasteiger partial charge in [-0.15, -0.1) is 0 Å². The van der Waals surface area contributed by atoms with Crippen LogP contribution in [0, 0.1) is 23.7 Å². The SMILES string of the molecule is CC[C@H](C)C(=O)O[C@H]1C[C@H](O)C=C2C=C[C@H](C)[C@H](CC[C@@H](O)C[C@@H](O)CC(=O)O[C@@H]3O[C@H](C(=O)O)[C@@H](O)[C@H](O)[C@H]3O)[C@H]21. The largest absolute Gasteiger partial charge is 0.479 e. The third kappa shape index (κ3) is 8.37. The fourth-order valence-corrected chi connectivity index (χ4v) is 5.84. The summed E-state index contributed by atoms with van der Waals surface area (Å²) in [5.41, 5.74) is 0.881. The third-order valence-corrected chi connectivity index (χ3v) is 8.50. The Bertz CT molecular complexity index is 1010. The number of aliphatic hydroxyl groups is 6. The zero-order valence-electron chi connectivity index (χ0n) is 24.1. The maximum absolute atomic E-state index is 12.6. The van der Waals surface area contributed by atoms with Gasteiger partial charge < -0.3 is 50.0 Å². The molecule has 238 valence electrons. The average Bonchev–Trinajstić information content (AvgIpc) is 2.91. The average molecular weight is 601 g/mol. The summed E-state index contributed by atoms with van der Waals surface area (Å²) in [5.74, 6) is -3.39. The topological polar surface area (TPSA) is 221 Å². The van der Waals surface area contributed by atoms with Gasteiger partial charge in [0.2, 0.25) is 6.29 Å². The van der Waals surface area contributed by atoms with Gasteiger partial charge in [-0.3, -0.25) is 9.59 Å². The number of carboxylic acids is 1. The highest BCUT2D eigenvalue weighted by atomic mass is 16.7. The zero-order chi connectivity index (χ0) is 31.3. The Kier molecular flexibility index (Phi) is 12.1. The van der Waals surface area contributed by atoms with Crippen molar-refractivity contribution in [3.05, 3.63) is 23.8 Å². The molecule has 3 aliphatic rings. The minimum absolute atomic E-state index is 0.0193. The smallest absolute Gasteiger partial charge is 0.335 e. The number of hydrogen-bond acceptors (Lipinski definition) is 12. The summed E-state index contributed by atoms with van der Waals surface area (Å²) >= 11 is 0. The first-order valence-electron chi connectivity index (χ1n) is 14.5. The molecule has 42 heavy (non-hydrogen) atoms. The second-order valence-electron chi connectivity index (χ2n) is 11.7. The molecule has 1 heterocycles. The number of aliphatic carboxylic acids is 1. The van der Waals surface area contributed by atoms with E-state index >= 15 is 0 Å². The number of allylic oxidation sites excluding steroid dienone is 2. The number of carboxylic acid groups (broad SMARTS) is 1. The molecular weight excluding hydrogens is 556 g/mol. The van der Waals surface area contributed by atoms with Crippen LogP contribution in [-0.2, 0) is 28.6 Å². The Morgan fingerprint density at radius 1 is 1.05 bits per heavy atom. The molecule has 13 atom stereocenters. The van der Waals surface area contributed by atoms with Crippen LogP contribution >= 0.6 is 0 Å². The maximum Gasteiger partial charge on any atom is 0.335 e. The van der Waals surface area contributed by atoms with Crippen LogP contribution in [0.2, 0.25) is 0 Å². The van der Waals surface area contributed by atoms with Gasteiger partial charge in [-0.25, -0.2) is 4.79 Å². The summed E-state index contributed by atoms with van der Waals surface area (Å²) in [5, 5.41) is 70.1. The Morgan fingerprint density at radius 2 is 1.74 bits per heavy atom. The highest BCUT2D eigenvalue weighted by molar-refractivity contribution is 5.74. The van der Waals surface area contributed by atoms with E-state index in [1.165, 1.54) is 0 Å². The van der Waals surface area contributed by atoms with Gasteiger partial charge in [-0.2, -0.15) is 0 Å². The summed E-state index contributed by atoms with van der Waals surface area (Å²) in [6.45, 7) is 5.72. The van der Waals surface area contributed by atoms with Gasteiger partial charge in [0.1, 0.15) is 24.4 Å². The third-order valence-electron chi connectivity index (χ3n) is 8.50. The molecule has 0 spiro atoms. The fourth-order valence-electron chi connectivity index (χ4n) is 5.84. The normalized spacial score (nSPS) is 36.6. The first-order valence-corrected chi connectivity index (χ1v) is 14.5. The number of esters is 2. The van der Waals surface area contributed by atoms with Crippen molar-refractivity contribution in [1.82, 2.24) is 0 Å². The van der Waals surface area contributed by atoms with Gasteiger partial charge >= 0.3 is 17.9 Å². The van der Waals surface area contributed by atoms with Gasteiger partial charge in [0.15, 0.2) is 6.10 Å². The van der Waals surface area contributed by atoms with Crippen molar-refractivity contribution < 1.29 is 64.3 Å². The van der Waals surface area contributed by atoms with Crippen molar-refractivity contribution >= 4 is 17.9 Å². The molecular formula is C29H44O13. The van der Waals surface area contributed by atoms with Gasteiger partial charge in [-0.1, -0.05) is 39.0 Å².